The molecule has 23 heteroatoms. The number of ether oxygens (including phenoxy) is 1. The molecule has 6 aliphatic rings. The van der Waals surface area contributed by atoms with Gasteiger partial charge in [-0.3, -0.25) is 20.6 Å². The Hall–Kier alpha value is -5.09. The summed E-state index contributed by atoms with van der Waals surface area (Å²) < 4.78 is 110. The van der Waals surface area contributed by atoms with Gasteiger partial charge in [-0.1, -0.05) is 13.8 Å². The number of anilines is 3. The fourth-order valence-electron chi connectivity index (χ4n) is 12.0. The van der Waals surface area contributed by atoms with Crippen LogP contribution in [-0.2, 0) is 23.9 Å². The molecular weight excluding hydrogens is 980 g/mol. The van der Waals surface area contributed by atoms with Crippen molar-refractivity contribution < 1.29 is 55.0 Å². The lowest BCUT2D eigenvalue weighted by Crippen LogP contribution is -2.41. The number of rotatable bonds is 18. The summed E-state index contributed by atoms with van der Waals surface area (Å²) in [5.41, 5.74) is 1.34. The van der Waals surface area contributed by atoms with Crippen molar-refractivity contribution in [1.82, 2.24) is 40.0 Å². The second-order valence-electron chi connectivity index (χ2n) is 24.4. The van der Waals surface area contributed by atoms with Crippen LogP contribution in [0, 0.1) is 24.7 Å². The van der Waals surface area contributed by atoms with Crippen LogP contribution in [0.15, 0.2) is 0 Å². The molecule has 74 heavy (non-hydrogen) atoms. The monoisotopic (exact) mass is 1050 g/mol. The van der Waals surface area contributed by atoms with E-state index in [4.69, 9.17) is 14.9 Å². The number of urea groups is 2. The maximum absolute atomic E-state index is 14.7. The van der Waals surface area contributed by atoms with Crippen molar-refractivity contribution in [3.8, 4) is 0 Å². The summed E-state index contributed by atoms with van der Waals surface area (Å²) in [6.07, 6.45) is -1.72. The van der Waals surface area contributed by atoms with E-state index in [1.54, 1.807) is 37.2 Å². The molecule has 0 spiro atoms. The number of halogens is 7. The fraction of sp³-hybridized carbons (Fsp3) is 0.765. The topological polar surface area (TPSA) is 194 Å². The Kier molecular flexibility index (Phi) is 14.1. The molecule has 410 valence electrons. The SMILES string of the molecule is Cc1c(C2CC(F)(F)C2)nn(C(C)(C)CC2CC(c3c(C4CC(F)(F)C4)nn(CC4CC(c5c(C6CC(F)(F)C6)nn(C)c5NC(=O)NCC(C)C)C4)c3NC(=O)NCC(C)(C)O)C2)c1NC(=O)O[C@H]1C[C@@H](F)C1. The van der Waals surface area contributed by atoms with E-state index in [-0.39, 0.29) is 81.2 Å². The van der Waals surface area contributed by atoms with Gasteiger partial charge in [0.1, 0.15) is 29.7 Å². The van der Waals surface area contributed by atoms with Crippen LogP contribution in [0.1, 0.15) is 188 Å². The summed E-state index contributed by atoms with van der Waals surface area (Å²) in [6, 6.07) is -1.06. The predicted molar refractivity (Wildman–Crippen MR) is 261 cm³/mol. The number of aliphatic hydroxyl groups is 1. The van der Waals surface area contributed by atoms with Crippen LogP contribution in [0.5, 0.6) is 0 Å². The lowest BCUT2D eigenvalue weighted by atomic mass is 9.65. The van der Waals surface area contributed by atoms with Gasteiger partial charge in [-0.15, -0.1) is 0 Å². The standard InChI is InChI=1S/C51H72F7N11O5/c1-25(2)22-59-44(70)61-42-36(39(64-67(42)8)32-18-50(55,56)19-32)30-11-28(12-30)23-68-43(62-45(71)60-24-48(6,7)73)37(40(65-68)33-20-51(57,58)21-33)29-9-27(10-29)15-47(4,5)69-41(63-46(72)74-35-13-34(52)14-35)26(3)38(66-69)31-16-49(53,54)17-31/h25,27-35,73H,9-24H2,1-8H3,(H,63,72)(H2,59,61,70)(H2,60,62,71)/t27?,28?,29?,30?,34-,35+. The molecule has 6 N–H and O–H groups in total. The van der Waals surface area contributed by atoms with Gasteiger partial charge in [0.2, 0.25) is 17.8 Å². The van der Waals surface area contributed by atoms with Crippen LogP contribution in [0.3, 0.4) is 0 Å². The number of nitrogens with one attached hydrogen (secondary N) is 5. The molecule has 3 aromatic heterocycles. The number of alkyl halides is 7. The Labute approximate surface area is 426 Å². The normalized spacial score (nSPS) is 26.4. The van der Waals surface area contributed by atoms with Crippen molar-refractivity contribution in [2.45, 2.75) is 209 Å². The molecule has 0 radical (unpaired) electrons. The van der Waals surface area contributed by atoms with E-state index >= 15 is 0 Å². The lowest BCUT2D eigenvalue weighted by molar-refractivity contribution is -0.0886. The third kappa shape index (κ3) is 11.5. The molecule has 3 aromatic rings. The molecule has 3 heterocycles. The minimum Gasteiger partial charge on any atom is -0.446 e. The van der Waals surface area contributed by atoms with E-state index in [0.29, 0.717) is 89.9 Å². The molecule has 9 rings (SSSR count). The highest BCUT2D eigenvalue weighted by Gasteiger charge is 2.53. The summed E-state index contributed by atoms with van der Waals surface area (Å²) in [5.74, 6) is -9.22. The first-order valence-electron chi connectivity index (χ1n) is 26.3. The first kappa shape index (κ1) is 53.7. The highest BCUT2D eigenvalue weighted by molar-refractivity contribution is 5.90. The van der Waals surface area contributed by atoms with Crippen molar-refractivity contribution in [1.29, 1.82) is 0 Å². The largest absolute Gasteiger partial charge is 0.446 e. The van der Waals surface area contributed by atoms with E-state index in [1.165, 1.54) is 4.68 Å². The number of aromatic nitrogens is 6. The van der Waals surface area contributed by atoms with Crippen LogP contribution in [0.25, 0.3) is 0 Å². The summed E-state index contributed by atoms with van der Waals surface area (Å²) in [7, 11) is 1.67. The van der Waals surface area contributed by atoms with Crippen LogP contribution in [-0.4, -0.2) is 101 Å². The summed E-state index contributed by atoms with van der Waals surface area (Å²) in [4.78, 5) is 39.9. The number of hydrogen-bond donors (Lipinski definition) is 6. The van der Waals surface area contributed by atoms with Gasteiger partial charge in [0, 0.05) is 112 Å². The van der Waals surface area contributed by atoms with Gasteiger partial charge in [0.25, 0.3) is 0 Å². The van der Waals surface area contributed by atoms with Crippen LogP contribution in [0.4, 0.5) is 62.6 Å². The van der Waals surface area contributed by atoms with Gasteiger partial charge < -0.3 is 20.5 Å². The van der Waals surface area contributed by atoms with Gasteiger partial charge >= 0.3 is 18.2 Å². The van der Waals surface area contributed by atoms with Crippen LogP contribution in [0.2, 0.25) is 0 Å². The highest BCUT2D eigenvalue weighted by Crippen LogP contribution is 2.58. The molecule has 0 aliphatic heterocycles. The minimum absolute atomic E-state index is 0.0232. The molecule has 6 saturated carbocycles. The molecular formula is C51H72F7N11O5. The van der Waals surface area contributed by atoms with E-state index in [0.717, 1.165) is 0 Å². The van der Waals surface area contributed by atoms with E-state index < -0.39 is 89.9 Å². The zero-order chi connectivity index (χ0) is 53.6. The van der Waals surface area contributed by atoms with Gasteiger partial charge in [0.05, 0.1) is 28.2 Å². The van der Waals surface area contributed by atoms with Crippen molar-refractivity contribution in [3.05, 3.63) is 33.8 Å². The second kappa shape index (κ2) is 19.5. The maximum Gasteiger partial charge on any atom is 0.413 e. The van der Waals surface area contributed by atoms with E-state index in [2.05, 4.69) is 31.7 Å². The Morgan fingerprint density at radius 3 is 1.72 bits per heavy atom. The van der Waals surface area contributed by atoms with Gasteiger partial charge in [0.15, 0.2) is 0 Å². The minimum atomic E-state index is -2.89. The lowest BCUT2D eigenvalue weighted by Gasteiger charge is -2.42. The first-order chi connectivity index (χ1) is 34.4. The zero-order valence-corrected chi connectivity index (χ0v) is 43.5. The van der Waals surface area contributed by atoms with Crippen molar-refractivity contribution in [2.75, 3.05) is 29.0 Å². The molecule has 6 aliphatic carbocycles. The Morgan fingerprint density at radius 1 is 0.689 bits per heavy atom. The molecule has 0 atom stereocenters. The van der Waals surface area contributed by atoms with E-state index in [9.17, 15) is 50.2 Å². The van der Waals surface area contributed by atoms with Crippen molar-refractivity contribution in [2.24, 2.45) is 24.8 Å². The van der Waals surface area contributed by atoms with Crippen LogP contribution >= 0.6 is 0 Å². The molecule has 0 aromatic carbocycles. The van der Waals surface area contributed by atoms with E-state index in [1.807, 2.05) is 27.7 Å². The number of hydrogen-bond acceptors (Lipinski definition) is 8. The first-order valence-corrected chi connectivity index (χ1v) is 26.3. The Morgan fingerprint density at radius 2 is 1.19 bits per heavy atom. The molecule has 0 unspecified atom stereocenters. The molecule has 6 fully saturated rings. The molecule has 0 bridgehead atoms. The second-order valence-corrected chi connectivity index (χ2v) is 24.4. The smallest absolute Gasteiger partial charge is 0.413 e. The quantitative estimate of drug-likeness (QED) is 0.0677. The third-order valence-corrected chi connectivity index (χ3v) is 16.1. The summed E-state index contributed by atoms with van der Waals surface area (Å²) in [5, 5.41) is 39.3. The number of nitrogens with zero attached hydrogens (tertiary/aromatic N) is 6. The van der Waals surface area contributed by atoms with Gasteiger partial charge in [-0.05, 0) is 96.3 Å². The predicted octanol–water partition coefficient (Wildman–Crippen LogP) is 10.9. The van der Waals surface area contributed by atoms with Crippen molar-refractivity contribution in [3.63, 3.8) is 0 Å². The van der Waals surface area contributed by atoms with Gasteiger partial charge in [-0.25, -0.2) is 54.5 Å². The Balaban J connectivity index is 0.966. The molecule has 16 nitrogen and oxygen atoms in total. The van der Waals surface area contributed by atoms with Crippen molar-refractivity contribution >= 4 is 35.6 Å². The highest BCUT2D eigenvalue weighted by atomic mass is 19.3. The molecule has 0 saturated heterocycles. The number of carbonyl (C=O) groups excluding carboxylic acids is 3. The Bertz CT molecular complexity index is 2580. The van der Waals surface area contributed by atoms with Gasteiger partial charge in [-0.2, -0.15) is 15.3 Å². The summed E-state index contributed by atoms with van der Waals surface area (Å²) in [6.45, 7) is 13.2. The summed E-state index contributed by atoms with van der Waals surface area (Å²) >= 11 is 0. The average molecular weight is 1050 g/mol. The fourth-order valence-corrected chi connectivity index (χ4v) is 12.0. The zero-order valence-electron chi connectivity index (χ0n) is 43.5. The molecule has 5 amide bonds. The maximum atomic E-state index is 14.7. The average Bonchev–Trinajstić information content (AvgIpc) is 3.84. The number of aryl methyl sites for hydroxylation is 1. The third-order valence-electron chi connectivity index (χ3n) is 16.1. The number of amides is 5. The van der Waals surface area contributed by atoms with Crippen LogP contribution < -0.4 is 26.6 Å². The number of carbonyl (C=O) groups is 3.